The Kier molecular flexibility index (Phi) is 4.05. The lowest BCUT2D eigenvalue weighted by Gasteiger charge is -2.23. The van der Waals surface area contributed by atoms with Gasteiger partial charge in [-0.3, -0.25) is 0 Å². The van der Waals surface area contributed by atoms with Crippen LogP contribution in [0, 0.1) is 0 Å². The molecule has 1 fully saturated rings. The van der Waals surface area contributed by atoms with Crippen LogP contribution in [0.15, 0.2) is 24.3 Å². The van der Waals surface area contributed by atoms with E-state index in [-0.39, 0.29) is 12.7 Å². The number of benzene rings is 1. The van der Waals surface area contributed by atoms with Crippen LogP contribution in [-0.2, 0) is 15.9 Å². The second kappa shape index (κ2) is 5.36. The summed E-state index contributed by atoms with van der Waals surface area (Å²) in [5.41, 5.74) is 1.13. The number of hydrogen-bond acceptors (Lipinski definition) is 3. The molecule has 2 atom stereocenters. The summed E-state index contributed by atoms with van der Waals surface area (Å²) >= 11 is 5.84. The monoisotopic (exact) mass is 256 g/mol. The van der Waals surface area contributed by atoms with Crippen molar-refractivity contribution in [3.63, 3.8) is 0 Å². The van der Waals surface area contributed by atoms with E-state index in [9.17, 15) is 0 Å². The van der Waals surface area contributed by atoms with E-state index in [4.69, 9.17) is 26.2 Å². The topological polar surface area (TPSA) is 38.7 Å². The number of aliphatic hydroxyl groups is 1. The molecule has 0 aliphatic carbocycles. The first-order valence-corrected chi connectivity index (χ1v) is 6.16. The van der Waals surface area contributed by atoms with Crippen molar-refractivity contribution in [1.82, 2.24) is 0 Å². The lowest BCUT2D eigenvalue weighted by molar-refractivity contribution is -0.153. The molecule has 2 unspecified atom stereocenters. The molecule has 0 aromatic heterocycles. The van der Waals surface area contributed by atoms with E-state index in [1.165, 1.54) is 0 Å². The van der Waals surface area contributed by atoms with Gasteiger partial charge in [0.2, 0.25) is 0 Å². The minimum absolute atomic E-state index is 0.00250. The molecule has 1 aromatic carbocycles. The van der Waals surface area contributed by atoms with Crippen molar-refractivity contribution in [3.05, 3.63) is 34.9 Å². The van der Waals surface area contributed by atoms with E-state index in [1.807, 2.05) is 31.2 Å². The number of halogens is 1. The van der Waals surface area contributed by atoms with Gasteiger partial charge < -0.3 is 14.6 Å². The Bertz CT molecular complexity index is 365. The molecule has 0 bridgehead atoms. The van der Waals surface area contributed by atoms with Crippen LogP contribution in [0.3, 0.4) is 0 Å². The third kappa shape index (κ3) is 3.42. The Morgan fingerprint density at radius 1 is 1.41 bits per heavy atom. The minimum Gasteiger partial charge on any atom is -0.396 e. The van der Waals surface area contributed by atoms with Gasteiger partial charge in [0.15, 0.2) is 5.79 Å². The predicted octanol–water partition coefficient (Wildman–Crippen LogP) is 2.40. The molecule has 0 radical (unpaired) electrons. The Balaban J connectivity index is 1.96. The lowest BCUT2D eigenvalue weighted by Crippen LogP contribution is -2.29. The van der Waals surface area contributed by atoms with Crippen LogP contribution >= 0.6 is 11.6 Å². The van der Waals surface area contributed by atoms with E-state index in [1.54, 1.807) is 0 Å². The zero-order chi connectivity index (χ0) is 12.3. The smallest absolute Gasteiger partial charge is 0.170 e. The van der Waals surface area contributed by atoms with Crippen LogP contribution in [0.1, 0.15) is 18.9 Å². The summed E-state index contributed by atoms with van der Waals surface area (Å²) in [7, 11) is 0. The van der Waals surface area contributed by atoms with Gasteiger partial charge in [0.05, 0.1) is 12.7 Å². The summed E-state index contributed by atoms with van der Waals surface area (Å²) in [6.45, 7) is 2.61. The Morgan fingerprint density at radius 3 is 2.76 bits per heavy atom. The largest absolute Gasteiger partial charge is 0.396 e. The normalized spacial score (nSPS) is 28.5. The molecule has 1 N–H and O–H groups in total. The number of ether oxygens (including phenoxy) is 2. The first-order chi connectivity index (χ1) is 8.11. The highest BCUT2D eigenvalue weighted by Crippen LogP contribution is 2.28. The minimum atomic E-state index is -0.590. The molecule has 0 amide bonds. The molecule has 0 spiro atoms. The van der Waals surface area contributed by atoms with E-state index < -0.39 is 5.79 Å². The van der Waals surface area contributed by atoms with Crippen LogP contribution in [0.25, 0.3) is 0 Å². The van der Waals surface area contributed by atoms with Gasteiger partial charge >= 0.3 is 0 Å². The van der Waals surface area contributed by atoms with E-state index in [0.29, 0.717) is 19.4 Å². The quantitative estimate of drug-likeness (QED) is 0.899. The van der Waals surface area contributed by atoms with Crippen molar-refractivity contribution >= 4 is 11.6 Å². The molecule has 0 saturated carbocycles. The van der Waals surface area contributed by atoms with Crippen LogP contribution < -0.4 is 0 Å². The van der Waals surface area contributed by atoms with Gasteiger partial charge in [0, 0.05) is 18.1 Å². The van der Waals surface area contributed by atoms with Crippen molar-refractivity contribution in [2.45, 2.75) is 31.7 Å². The van der Waals surface area contributed by atoms with E-state index in [2.05, 4.69) is 0 Å². The molecule has 1 aliphatic heterocycles. The molecule has 3 nitrogen and oxygen atoms in total. The van der Waals surface area contributed by atoms with Gasteiger partial charge in [0.1, 0.15) is 0 Å². The standard InChI is InChI=1S/C13H17ClO3/c1-13(16-9-12(17-13)6-7-15)8-10-2-4-11(14)5-3-10/h2-5,12,15H,6-9H2,1H3. The van der Waals surface area contributed by atoms with Crippen molar-refractivity contribution in [2.24, 2.45) is 0 Å². The molecule has 94 valence electrons. The number of hydrogen-bond donors (Lipinski definition) is 1. The highest BCUT2D eigenvalue weighted by molar-refractivity contribution is 6.30. The van der Waals surface area contributed by atoms with Gasteiger partial charge in [-0.25, -0.2) is 0 Å². The van der Waals surface area contributed by atoms with Crippen LogP contribution in [0.4, 0.5) is 0 Å². The summed E-state index contributed by atoms with van der Waals surface area (Å²) in [4.78, 5) is 0. The van der Waals surface area contributed by atoms with Gasteiger partial charge in [0.25, 0.3) is 0 Å². The van der Waals surface area contributed by atoms with E-state index >= 15 is 0 Å². The van der Waals surface area contributed by atoms with Crippen molar-refractivity contribution < 1.29 is 14.6 Å². The third-order valence-corrected chi connectivity index (χ3v) is 3.13. The Hall–Kier alpha value is -0.610. The fraction of sp³-hybridized carbons (Fsp3) is 0.538. The summed E-state index contributed by atoms with van der Waals surface area (Å²) in [6.07, 6.45) is 1.31. The second-order valence-electron chi connectivity index (χ2n) is 4.50. The number of aliphatic hydroxyl groups excluding tert-OH is 1. The van der Waals surface area contributed by atoms with Gasteiger partial charge in [-0.05, 0) is 31.0 Å². The fourth-order valence-electron chi connectivity index (χ4n) is 2.04. The summed E-state index contributed by atoms with van der Waals surface area (Å²) in [5.74, 6) is -0.590. The fourth-order valence-corrected chi connectivity index (χ4v) is 2.17. The van der Waals surface area contributed by atoms with Gasteiger partial charge in [-0.1, -0.05) is 23.7 Å². The first kappa shape index (κ1) is 12.8. The SMILES string of the molecule is CC1(Cc2ccc(Cl)cc2)OCC(CCO)O1. The van der Waals surface area contributed by atoms with Crippen molar-refractivity contribution in [1.29, 1.82) is 0 Å². The summed E-state index contributed by atoms with van der Waals surface area (Å²) in [6, 6.07) is 7.67. The molecule has 1 aromatic rings. The van der Waals surface area contributed by atoms with Crippen molar-refractivity contribution in [3.8, 4) is 0 Å². The van der Waals surface area contributed by atoms with E-state index in [0.717, 1.165) is 10.6 Å². The lowest BCUT2D eigenvalue weighted by atomic mass is 10.1. The molecule has 1 heterocycles. The average molecular weight is 257 g/mol. The average Bonchev–Trinajstić information content (AvgIpc) is 2.64. The van der Waals surface area contributed by atoms with Crippen LogP contribution in [0.2, 0.25) is 5.02 Å². The molecule has 1 aliphatic rings. The van der Waals surface area contributed by atoms with Crippen molar-refractivity contribution in [2.75, 3.05) is 13.2 Å². The zero-order valence-electron chi connectivity index (χ0n) is 9.86. The van der Waals surface area contributed by atoms with Gasteiger partial charge in [-0.15, -0.1) is 0 Å². The number of rotatable bonds is 4. The van der Waals surface area contributed by atoms with Gasteiger partial charge in [-0.2, -0.15) is 0 Å². The molecule has 17 heavy (non-hydrogen) atoms. The Labute approximate surface area is 106 Å². The maximum absolute atomic E-state index is 8.87. The summed E-state index contributed by atoms with van der Waals surface area (Å²) in [5, 5.41) is 9.59. The predicted molar refractivity (Wildman–Crippen MR) is 66.1 cm³/mol. The highest BCUT2D eigenvalue weighted by atomic mass is 35.5. The molecular weight excluding hydrogens is 240 g/mol. The third-order valence-electron chi connectivity index (χ3n) is 2.88. The maximum atomic E-state index is 8.87. The molecular formula is C13H17ClO3. The van der Waals surface area contributed by atoms with Crippen LogP contribution in [0.5, 0.6) is 0 Å². The maximum Gasteiger partial charge on any atom is 0.170 e. The highest BCUT2D eigenvalue weighted by Gasteiger charge is 2.36. The molecule has 4 heteroatoms. The summed E-state index contributed by atoms with van der Waals surface area (Å²) < 4.78 is 11.5. The molecule has 1 saturated heterocycles. The second-order valence-corrected chi connectivity index (χ2v) is 4.94. The molecule has 2 rings (SSSR count). The van der Waals surface area contributed by atoms with Crippen LogP contribution in [-0.4, -0.2) is 30.2 Å². The zero-order valence-corrected chi connectivity index (χ0v) is 10.6. The first-order valence-electron chi connectivity index (χ1n) is 5.78. The Morgan fingerprint density at radius 2 is 2.12 bits per heavy atom.